The minimum absolute atomic E-state index is 0.517. The number of hydrogen-bond acceptors (Lipinski definition) is 3. The van der Waals surface area contributed by atoms with Crippen molar-refractivity contribution in [3.05, 3.63) is 41.7 Å². The molecular weight excluding hydrogens is 254 g/mol. The summed E-state index contributed by atoms with van der Waals surface area (Å²) in [6.07, 6.45) is 3.93. The summed E-state index contributed by atoms with van der Waals surface area (Å²) in [5, 5.41) is 7.64. The van der Waals surface area contributed by atoms with Gasteiger partial charge < -0.3 is 5.32 Å². The Balaban J connectivity index is 2.06. The third kappa shape index (κ3) is 4.11. The maximum Gasteiger partial charge on any atom is 0.0629 e. The molecule has 0 unspecified atom stereocenters. The van der Waals surface area contributed by atoms with Gasteiger partial charge in [-0.2, -0.15) is 5.10 Å². The Hall–Kier alpha value is -1.26. The average molecular weight is 275 g/mol. The van der Waals surface area contributed by atoms with E-state index in [9.17, 15) is 0 Å². The van der Waals surface area contributed by atoms with E-state index in [-0.39, 0.29) is 0 Å². The molecule has 0 saturated heterocycles. The Morgan fingerprint density at radius 2 is 2.11 bits per heavy atom. The largest absolute Gasteiger partial charge is 0.310 e. The molecule has 0 radical (unpaired) electrons. The SMILES string of the molecule is Cc1cc(Sc2cnn(C)c2)ccc1CNC(C)C. The maximum atomic E-state index is 4.19. The number of aryl methyl sites for hydroxylation is 2. The van der Waals surface area contributed by atoms with E-state index in [1.54, 1.807) is 11.8 Å². The van der Waals surface area contributed by atoms with Crippen molar-refractivity contribution in [3.8, 4) is 0 Å². The van der Waals surface area contributed by atoms with Crippen LogP contribution in [-0.4, -0.2) is 15.8 Å². The van der Waals surface area contributed by atoms with E-state index in [0.717, 1.165) is 6.54 Å². The van der Waals surface area contributed by atoms with E-state index in [0.29, 0.717) is 6.04 Å². The molecule has 0 aliphatic carbocycles. The predicted molar refractivity (Wildman–Crippen MR) is 80.5 cm³/mol. The van der Waals surface area contributed by atoms with Crippen LogP contribution in [-0.2, 0) is 13.6 Å². The lowest BCUT2D eigenvalue weighted by Gasteiger charge is -2.11. The standard InChI is InChI=1S/C15H21N3S/c1-11(2)16-8-13-5-6-14(7-12(13)3)19-15-9-17-18(4)10-15/h5-7,9-11,16H,8H2,1-4H3. The van der Waals surface area contributed by atoms with Gasteiger partial charge in [0.2, 0.25) is 0 Å². The molecule has 4 heteroatoms. The first-order valence-electron chi connectivity index (χ1n) is 6.54. The van der Waals surface area contributed by atoms with Crippen molar-refractivity contribution < 1.29 is 0 Å². The number of rotatable bonds is 5. The molecule has 1 aromatic carbocycles. The van der Waals surface area contributed by atoms with E-state index < -0.39 is 0 Å². The number of nitrogens with zero attached hydrogens (tertiary/aromatic N) is 2. The molecule has 0 bridgehead atoms. The van der Waals surface area contributed by atoms with Gasteiger partial charge in [-0.15, -0.1) is 0 Å². The second kappa shape index (κ2) is 6.26. The van der Waals surface area contributed by atoms with Crippen LogP contribution in [0.2, 0.25) is 0 Å². The van der Waals surface area contributed by atoms with Gasteiger partial charge in [0.1, 0.15) is 0 Å². The summed E-state index contributed by atoms with van der Waals surface area (Å²) in [5.41, 5.74) is 2.70. The van der Waals surface area contributed by atoms with Crippen LogP contribution in [0, 0.1) is 6.92 Å². The molecule has 0 amide bonds. The first-order chi connectivity index (χ1) is 9.04. The topological polar surface area (TPSA) is 29.9 Å². The van der Waals surface area contributed by atoms with Crippen molar-refractivity contribution in [2.75, 3.05) is 0 Å². The molecule has 1 N–H and O–H groups in total. The van der Waals surface area contributed by atoms with Crippen molar-refractivity contribution in [1.82, 2.24) is 15.1 Å². The fraction of sp³-hybridized carbons (Fsp3) is 0.400. The van der Waals surface area contributed by atoms with Crippen molar-refractivity contribution in [3.63, 3.8) is 0 Å². The highest BCUT2D eigenvalue weighted by molar-refractivity contribution is 7.99. The maximum absolute atomic E-state index is 4.19. The Bertz CT molecular complexity index is 546. The second-order valence-corrected chi connectivity index (χ2v) is 6.22. The summed E-state index contributed by atoms with van der Waals surface area (Å²) in [4.78, 5) is 2.44. The summed E-state index contributed by atoms with van der Waals surface area (Å²) in [6.45, 7) is 7.44. The molecule has 19 heavy (non-hydrogen) atoms. The number of aromatic nitrogens is 2. The van der Waals surface area contributed by atoms with Gasteiger partial charge in [0.25, 0.3) is 0 Å². The van der Waals surface area contributed by atoms with Gasteiger partial charge in [-0.05, 0) is 30.2 Å². The van der Waals surface area contributed by atoms with Crippen LogP contribution in [0.4, 0.5) is 0 Å². The van der Waals surface area contributed by atoms with E-state index >= 15 is 0 Å². The zero-order valence-electron chi connectivity index (χ0n) is 12.0. The van der Waals surface area contributed by atoms with Crippen LogP contribution in [0.5, 0.6) is 0 Å². The summed E-state index contributed by atoms with van der Waals surface area (Å²) in [7, 11) is 1.94. The molecule has 0 atom stereocenters. The molecule has 3 nitrogen and oxygen atoms in total. The number of hydrogen-bond donors (Lipinski definition) is 1. The quantitative estimate of drug-likeness (QED) is 0.907. The van der Waals surface area contributed by atoms with Gasteiger partial charge in [-0.3, -0.25) is 4.68 Å². The van der Waals surface area contributed by atoms with Crippen LogP contribution in [0.3, 0.4) is 0 Å². The highest BCUT2D eigenvalue weighted by Gasteiger charge is 2.04. The highest BCUT2D eigenvalue weighted by atomic mass is 32.2. The first-order valence-corrected chi connectivity index (χ1v) is 7.35. The van der Waals surface area contributed by atoms with Gasteiger partial charge in [0, 0.05) is 30.7 Å². The van der Waals surface area contributed by atoms with Crippen LogP contribution < -0.4 is 5.32 Å². The molecule has 0 spiro atoms. The van der Waals surface area contributed by atoms with Crippen molar-refractivity contribution in [2.24, 2.45) is 7.05 Å². The molecule has 1 aromatic heterocycles. The van der Waals surface area contributed by atoms with Gasteiger partial charge in [0.05, 0.1) is 11.1 Å². The molecule has 2 aromatic rings. The zero-order valence-corrected chi connectivity index (χ0v) is 12.8. The number of benzene rings is 1. The fourth-order valence-electron chi connectivity index (χ4n) is 1.83. The smallest absolute Gasteiger partial charge is 0.0629 e. The summed E-state index contributed by atoms with van der Waals surface area (Å²) >= 11 is 1.75. The molecule has 0 aliphatic heterocycles. The Morgan fingerprint density at radius 1 is 1.32 bits per heavy atom. The van der Waals surface area contributed by atoms with E-state index in [2.05, 4.69) is 49.4 Å². The predicted octanol–water partition coefficient (Wildman–Crippen LogP) is 3.38. The van der Waals surface area contributed by atoms with Gasteiger partial charge in [-0.1, -0.05) is 31.7 Å². The van der Waals surface area contributed by atoms with Gasteiger partial charge >= 0.3 is 0 Å². The minimum Gasteiger partial charge on any atom is -0.310 e. The second-order valence-electron chi connectivity index (χ2n) is 5.08. The lowest BCUT2D eigenvalue weighted by molar-refractivity contribution is 0.587. The monoisotopic (exact) mass is 275 g/mol. The fourth-order valence-corrected chi connectivity index (χ4v) is 2.78. The normalized spacial score (nSPS) is 11.2. The lowest BCUT2D eigenvalue weighted by Crippen LogP contribution is -2.22. The van der Waals surface area contributed by atoms with Crippen LogP contribution in [0.15, 0.2) is 40.4 Å². The number of nitrogens with one attached hydrogen (secondary N) is 1. The molecule has 1 heterocycles. The summed E-state index contributed by atoms with van der Waals surface area (Å²) < 4.78 is 1.83. The van der Waals surface area contributed by atoms with Crippen LogP contribution in [0.25, 0.3) is 0 Å². The van der Waals surface area contributed by atoms with Gasteiger partial charge in [-0.25, -0.2) is 0 Å². The Kier molecular flexibility index (Phi) is 4.66. The van der Waals surface area contributed by atoms with Crippen LogP contribution >= 0.6 is 11.8 Å². The van der Waals surface area contributed by atoms with Crippen molar-refractivity contribution >= 4 is 11.8 Å². The van der Waals surface area contributed by atoms with E-state index in [1.807, 2.05) is 24.1 Å². The average Bonchev–Trinajstić information content (AvgIpc) is 2.73. The molecular formula is C15H21N3S. The van der Waals surface area contributed by atoms with Crippen molar-refractivity contribution in [2.45, 2.75) is 43.1 Å². The summed E-state index contributed by atoms with van der Waals surface area (Å²) in [6, 6.07) is 7.16. The lowest BCUT2D eigenvalue weighted by atomic mass is 10.1. The Morgan fingerprint density at radius 3 is 2.68 bits per heavy atom. The minimum atomic E-state index is 0.517. The molecule has 0 saturated carbocycles. The first kappa shape index (κ1) is 14.2. The molecule has 0 fully saturated rings. The van der Waals surface area contributed by atoms with Crippen molar-refractivity contribution in [1.29, 1.82) is 0 Å². The highest BCUT2D eigenvalue weighted by Crippen LogP contribution is 2.28. The molecule has 2 rings (SSSR count). The molecule has 102 valence electrons. The third-order valence-corrected chi connectivity index (χ3v) is 3.87. The van der Waals surface area contributed by atoms with E-state index in [1.165, 1.54) is 20.9 Å². The van der Waals surface area contributed by atoms with Gasteiger partial charge in [0.15, 0.2) is 0 Å². The Labute approximate surface area is 119 Å². The third-order valence-electron chi connectivity index (χ3n) is 2.93. The van der Waals surface area contributed by atoms with E-state index in [4.69, 9.17) is 0 Å². The molecule has 0 aliphatic rings. The van der Waals surface area contributed by atoms with Crippen LogP contribution in [0.1, 0.15) is 25.0 Å². The summed E-state index contributed by atoms with van der Waals surface area (Å²) in [5.74, 6) is 0. The zero-order chi connectivity index (χ0) is 13.8.